The van der Waals surface area contributed by atoms with Crippen molar-refractivity contribution in [2.75, 3.05) is 44.7 Å². The van der Waals surface area contributed by atoms with Crippen LogP contribution < -0.4 is 10.5 Å². The number of hydrogen-bond acceptors (Lipinski definition) is 5. The van der Waals surface area contributed by atoms with Crippen LogP contribution in [0.1, 0.15) is 18.1 Å². The fraction of sp³-hybridized carbons (Fsp3) is 0.360. The highest BCUT2D eigenvalue weighted by molar-refractivity contribution is 5.94. The first-order valence-electron chi connectivity index (χ1n) is 11.0. The average molecular weight is 438 g/mol. The fourth-order valence-corrected chi connectivity index (χ4v) is 4.08. The fourth-order valence-electron chi connectivity index (χ4n) is 4.08. The van der Waals surface area contributed by atoms with Crippen molar-refractivity contribution >= 4 is 22.6 Å². The molecule has 0 saturated carbocycles. The van der Waals surface area contributed by atoms with Crippen LogP contribution in [0.3, 0.4) is 0 Å². The molecule has 0 atom stereocenters. The van der Waals surface area contributed by atoms with Crippen LogP contribution in [0.25, 0.3) is 11.0 Å². The first-order chi connectivity index (χ1) is 15.4. The van der Waals surface area contributed by atoms with Gasteiger partial charge in [-0.3, -0.25) is 14.6 Å². The Morgan fingerprint density at radius 2 is 1.72 bits per heavy atom. The van der Waals surface area contributed by atoms with E-state index in [-0.39, 0.29) is 17.3 Å². The molecule has 0 N–H and O–H groups in total. The Morgan fingerprint density at radius 1 is 1.03 bits per heavy atom. The molecule has 0 bridgehead atoms. The molecular formula is C25H28FN3O3. The number of halogens is 1. The second-order valence-corrected chi connectivity index (χ2v) is 8.26. The molecule has 1 aromatic heterocycles. The third-order valence-corrected chi connectivity index (χ3v) is 6.11. The van der Waals surface area contributed by atoms with Gasteiger partial charge in [-0.15, -0.1) is 0 Å². The Labute approximate surface area is 186 Å². The molecule has 1 amide bonds. The maximum atomic E-state index is 13.1. The van der Waals surface area contributed by atoms with E-state index in [0.717, 1.165) is 43.5 Å². The summed E-state index contributed by atoms with van der Waals surface area (Å²) in [6.07, 6.45) is 0.924. The minimum absolute atomic E-state index is 0.0242. The van der Waals surface area contributed by atoms with Crippen molar-refractivity contribution in [2.45, 2.75) is 19.9 Å². The van der Waals surface area contributed by atoms with E-state index in [4.69, 9.17) is 4.42 Å². The molecule has 168 valence electrons. The van der Waals surface area contributed by atoms with Crippen molar-refractivity contribution in [3.8, 4) is 0 Å². The predicted octanol–water partition coefficient (Wildman–Crippen LogP) is 3.28. The molecule has 3 aromatic rings. The number of fused-ring (bicyclic) bond motifs is 1. The van der Waals surface area contributed by atoms with Gasteiger partial charge in [0.1, 0.15) is 11.4 Å². The zero-order chi connectivity index (χ0) is 22.7. The number of aryl methyl sites for hydroxylation is 1. The third-order valence-electron chi connectivity index (χ3n) is 6.11. The highest BCUT2D eigenvalue weighted by Gasteiger charge is 2.22. The maximum absolute atomic E-state index is 13.1. The van der Waals surface area contributed by atoms with E-state index in [1.807, 2.05) is 12.1 Å². The summed E-state index contributed by atoms with van der Waals surface area (Å²) >= 11 is 0. The summed E-state index contributed by atoms with van der Waals surface area (Å²) < 4.78 is 18.5. The molecule has 0 spiro atoms. The van der Waals surface area contributed by atoms with Crippen LogP contribution in [0.15, 0.2) is 57.7 Å². The molecule has 2 heterocycles. The normalized spacial score (nSPS) is 15.2. The molecule has 0 aliphatic carbocycles. The summed E-state index contributed by atoms with van der Waals surface area (Å²) in [7, 11) is 1.71. The van der Waals surface area contributed by atoms with Gasteiger partial charge in [-0.1, -0.05) is 13.0 Å². The molecule has 0 unspecified atom stereocenters. The van der Waals surface area contributed by atoms with Crippen LogP contribution >= 0.6 is 0 Å². The average Bonchev–Trinajstić information content (AvgIpc) is 2.80. The molecular weight excluding hydrogens is 409 g/mol. The molecule has 6 nitrogen and oxygen atoms in total. The van der Waals surface area contributed by atoms with E-state index < -0.39 is 0 Å². The lowest BCUT2D eigenvalue weighted by atomic mass is 10.0. The smallest absolute Gasteiger partial charge is 0.336 e. The Balaban J connectivity index is 1.36. The van der Waals surface area contributed by atoms with Gasteiger partial charge in [-0.2, -0.15) is 0 Å². The SMILES string of the molecule is CCc1ccc2oc(=O)cc(CN3CCN(CC(=O)N(C)c4ccc(F)cc4)CC3)c2c1. The van der Waals surface area contributed by atoms with Crippen LogP contribution in [0.5, 0.6) is 0 Å². The number of carbonyl (C=O) groups excluding carboxylic acids is 1. The minimum atomic E-state index is -0.329. The summed E-state index contributed by atoms with van der Waals surface area (Å²) in [4.78, 5) is 30.7. The van der Waals surface area contributed by atoms with Crippen molar-refractivity contribution in [1.82, 2.24) is 9.80 Å². The molecule has 7 heteroatoms. The number of amides is 1. The molecule has 4 rings (SSSR count). The topological polar surface area (TPSA) is 57.0 Å². The highest BCUT2D eigenvalue weighted by Crippen LogP contribution is 2.21. The number of anilines is 1. The van der Waals surface area contributed by atoms with Crippen LogP contribution in [0.2, 0.25) is 0 Å². The number of benzene rings is 2. The zero-order valence-corrected chi connectivity index (χ0v) is 18.5. The Bertz CT molecular complexity index is 1150. The lowest BCUT2D eigenvalue weighted by molar-refractivity contribution is -0.119. The largest absolute Gasteiger partial charge is 0.423 e. The summed E-state index contributed by atoms with van der Waals surface area (Å²) in [6, 6.07) is 13.5. The molecule has 0 radical (unpaired) electrons. The van der Waals surface area contributed by atoms with Crippen molar-refractivity contribution in [3.05, 3.63) is 75.9 Å². The first-order valence-corrected chi connectivity index (χ1v) is 11.0. The summed E-state index contributed by atoms with van der Waals surface area (Å²) in [6.45, 7) is 6.25. The van der Waals surface area contributed by atoms with E-state index in [1.165, 1.54) is 17.7 Å². The van der Waals surface area contributed by atoms with Gasteiger partial charge in [0.15, 0.2) is 0 Å². The summed E-state index contributed by atoms with van der Waals surface area (Å²) in [5, 5.41) is 0.988. The molecule has 2 aromatic carbocycles. The van der Waals surface area contributed by atoms with E-state index in [2.05, 4.69) is 22.8 Å². The second kappa shape index (κ2) is 9.63. The molecule has 1 aliphatic heterocycles. The van der Waals surface area contributed by atoms with Crippen molar-refractivity contribution in [3.63, 3.8) is 0 Å². The van der Waals surface area contributed by atoms with Gasteiger partial charge in [0.25, 0.3) is 0 Å². The second-order valence-electron chi connectivity index (χ2n) is 8.26. The van der Waals surface area contributed by atoms with Gasteiger partial charge >= 0.3 is 5.63 Å². The van der Waals surface area contributed by atoms with Gasteiger partial charge in [-0.05, 0) is 53.9 Å². The lowest BCUT2D eigenvalue weighted by Gasteiger charge is -2.35. The van der Waals surface area contributed by atoms with E-state index in [9.17, 15) is 14.0 Å². The third kappa shape index (κ3) is 5.06. The number of likely N-dealkylation sites (N-methyl/N-ethyl adjacent to an activating group) is 1. The Morgan fingerprint density at radius 3 is 2.41 bits per heavy atom. The first kappa shape index (κ1) is 22.2. The monoisotopic (exact) mass is 437 g/mol. The van der Waals surface area contributed by atoms with Gasteiger partial charge in [0, 0.05) is 56.9 Å². The minimum Gasteiger partial charge on any atom is -0.423 e. The van der Waals surface area contributed by atoms with Crippen LogP contribution in [-0.2, 0) is 17.8 Å². The predicted molar refractivity (Wildman–Crippen MR) is 123 cm³/mol. The van der Waals surface area contributed by atoms with Crippen molar-refractivity contribution < 1.29 is 13.6 Å². The standard InChI is InChI=1S/C25H28FN3O3/c1-3-18-4-9-23-22(14-18)19(15-25(31)32-23)16-28-10-12-29(13-11-28)17-24(30)27(2)21-7-5-20(26)6-8-21/h4-9,14-15H,3,10-13,16-17H2,1-2H3. The van der Waals surface area contributed by atoms with E-state index >= 15 is 0 Å². The molecule has 1 aliphatic rings. The number of carbonyl (C=O) groups is 1. The van der Waals surface area contributed by atoms with Gasteiger partial charge in [0.2, 0.25) is 5.91 Å². The lowest BCUT2D eigenvalue weighted by Crippen LogP contribution is -2.49. The van der Waals surface area contributed by atoms with E-state index in [0.29, 0.717) is 24.4 Å². The molecule has 1 saturated heterocycles. The van der Waals surface area contributed by atoms with Crippen molar-refractivity contribution in [1.29, 1.82) is 0 Å². The highest BCUT2D eigenvalue weighted by atomic mass is 19.1. The quantitative estimate of drug-likeness (QED) is 0.554. The van der Waals surface area contributed by atoms with E-state index in [1.54, 1.807) is 30.1 Å². The zero-order valence-electron chi connectivity index (χ0n) is 18.5. The molecule has 1 fully saturated rings. The number of nitrogens with zero attached hydrogens (tertiary/aromatic N) is 3. The summed E-state index contributed by atoms with van der Waals surface area (Å²) in [5.41, 5.74) is 3.16. The van der Waals surface area contributed by atoms with Gasteiger partial charge in [0.05, 0.1) is 6.54 Å². The van der Waals surface area contributed by atoms with Gasteiger partial charge < -0.3 is 9.32 Å². The van der Waals surface area contributed by atoms with Gasteiger partial charge in [-0.25, -0.2) is 9.18 Å². The molecule has 32 heavy (non-hydrogen) atoms. The van der Waals surface area contributed by atoms with Crippen molar-refractivity contribution in [2.24, 2.45) is 0 Å². The maximum Gasteiger partial charge on any atom is 0.336 e. The Kier molecular flexibility index (Phi) is 6.67. The Hall–Kier alpha value is -3.03. The summed E-state index contributed by atoms with van der Waals surface area (Å²) in [5.74, 6) is -0.343. The van der Waals surface area contributed by atoms with Crippen LogP contribution in [-0.4, -0.2) is 55.5 Å². The number of piperazine rings is 1. The number of rotatable bonds is 6. The number of hydrogen-bond donors (Lipinski definition) is 0. The van der Waals surface area contributed by atoms with Crippen LogP contribution in [0, 0.1) is 5.82 Å². The van der Waals surface area contributed by atoms with Crippen LogP contribution in [0.4, 0.5) is 10.1 Å².